The van der Waals surface area contributed by atoms with E-state index in [-0.39, 0.29) is 23.3 Å². The number of halogens is 3. The van der Waals surface area contributed by atoms with Crippen molar-refractivity contribution in [2.24, 2.45) is 0 Å². The van der Waals surface area contributed by atoms with Crippen molar-refractivity contribution >= 4 is 46.7 Å². The number of nitrogens with zero attached hydrogens (tertiary/aromatic N) is 3. The average Bonchev–Trinajstić information content (AvgIpc) is 2.98. The molecule has 2 aromatic carbocycles. The first-order valence-electron chi connectivity index (χ1n) is 10.1. The Labute approximate surface area is 194 Å². The minimum Gasteiger partial charge on any atom is -0.368 e. The van der Waals surface area contributed by atoms with Crippen LogP contribution in [0.4, 0.5) is 14.9 Å². The van der Waals surface area contributed by atoms with Crippen molar-refractivity contribution in [1.29, 1.82) is 0 Å². The molecule has 0 spiro atoms. The molecule has 32 heavy (non-hydrogen) atoms. The summed E-state index contributed by atoms with van der Waals surface area (Å²) < 4.78 is 13.1. The molecule has 4 rings (SSSR count). The maximum Gasteiger partial charge on any atom is 0.325 e. The van der Waals surface area contributed by atoms with Crippen molar-refractivity contribution in [2.45, 2.75) is 12.5 Å². The van der Waals surface area contributed by atoms with E-state index >= 15 is 0 Å². The molecule has 2 aliphatic rings. The third kappa shape index (κ3) is 4.12. The molecular weight excluding hydrogens is 458 g/mol. The zero-order valence-corrected chi connectivity index (χ0v) is 18.8. The van der Waals surface area contributed by atoms with Crippen LogP contribution in [-0.4, -0.2) is 60.4 Å². The van der Waals surface area contributed by atoms with Gasteiger partial charge in [-0.2, -0.15) is 0 Å². The second-order valence-electron chi connectivity index (χ2n) is 7.91. The first-order chi connectivity index (χ1) is 15.2. The highest BCUT2D eigenvalue weighted by Gasteiger charge is 2.50. The largest absolute Gasteiger partial charge is 0.368 e. The maximum absolute atomic E-state index is 13.1. The van der Waals surface area contributed by atoms with Crippen LogP contribution in [0.15, 0.2) is 42.5 Å². The second kappa shape index (κ2) is 8.60. The fraction of sp³-hybridized carbons (Fsp3) is 0.318. The molecule has 0 bridgehead atoms. The molecule has 1 N–H and O–H groups in total. The Balaban J connectivity index is 1.41. The zero-order chi connectivity index (χ0) is 23.0. The van der Waals surface area contributed by atoms with Gasteiger partial charge in [-0.3, -0.25) is 14.5 Å². The molecule has 0 aromatic heterocycles. The van der Waals surface area contributed by atoms with E-state index in [2.05, 4.69) is 10.2 Å². The third-order valence-electron chi connectivity index (χ3n) is 5.86. The van der Waals surface area contributed by atoms with Crippen molar-refractivity contribution in [3.8, 4) is 0 Å². The van der Waals surface area contributed by atoms with Gasteiger partial charge >= 0.3 is 6.03 Å². The summed E-state index contributed by atoms with van der Waals surface area (Å²) >= 11 is 12.2. The Morgan fingerprint density at radius 2 is 1.72 bits per heavy atom. The number of amides is 4. The summed E-state index contributed by atoms with van der Waals surface area (Å²) in [7, 11) is 0. The van der Waals surface area contributed by atoms with E-state index in [1.165, 1.54) is 18.2 Å². The number of rotatable bonds is 4. The van der Waals surface area contributed by atoms with Crippen LogP contribution in [0.1, 0.15) is 12.5 Å². The monoisotopic (exact) mass is 478 g/mol. The lowest BCUT2D eigenvalue weighted by Crippen LogP contribution is -2.52. The number of hydrogen-bond donors (Lipinski definition) is 1. The van der Waals surface area contributed by atoms with Crippen molar-refractivity contribution in [3.05, 3.63) is 63.9 Å². The van der Waals surface area contributed by atoms with Crippen LogP contribution in [0, 0.1) is 5.82 Å². The van der Waals surface area contributed by atoms with E-state index in [1.807, 2.05) is 0 Å². The fourth-order valence-corrected chi connectivity index (χ4v) is 4.62. The Morgan fingerprint density at radius 1 is 1.06 bits per heavy atom. The summed E-state index contributed by atoms with van der Waals surface area (Å²) in [6, 6.07) is 10.2. The van der Waals surface area contributed by atoms with E-state index in [1.54, 1.807) is 36.1 Å². The van der Waals surface area contributed by atoms with Crippen LogP contribution < -0.4 is 10.2 Å². The first-order valence-corrected chi connectivity index (χ1v) is 10.8. The first kappa shape index (κ1) is 22.4. The molecule has 0 aliphatic carbocycles. The van der Waals surface area contributed by atoms with Gasteiger partial charge in [0, 0.05) is 47.5 Å². The van der Waals surface area contributed by atoms with Gasteiger partial charge in [-0.25, -0.2) is 9.18 Å². The van der Waals surface area contributed by atoms with Crippen LogP contribution in [0.2, 0.25) is 10.0 Å². The van der Waals surface area contributed by atoms with Gasteiger partial charge in [-0.05, 0) is 43.3 Å². The molecule has 1 atom stereocenters. The molecule has 4 amide bonds. The molecule has 2 aromatic rings. The van der Waals surface area contributed by atoms with E-state index in [0.717, 1.165) is 10.6 Å². The third-order valence-corrected chi connectivity index (χ3v) is 6.41. The van der Waals surface area contributed by atoms with E-state index in [9.17, 15) is 18.8 Å². The standard InChI is InChI=1S/C22H21Cl2FN4O3/c1-22(17-7-2-14(23)12-18(17)24)20(31)29(21(32)26-22)13-19(30)28-10-8-27(9-11-28)16-5-3-15(25)4-6-16/h2-7,12H,8-11,13H2,1H3,(H,26,32). The Kier molecular flexibility index (Phi) is 6.01. The Morgan fingerprint density at radius 3 is 2.34 bits per heavy atom. The zero-order valence-electron chi connectivity index (χ0n) is 17.3. The normalized spacial score (nSPS) is 21.2. The Hall–Kier alpha value is -2.84. The topological polar surface area (TPSA) is 73.0 Å². The number of urea groups is 1. The number of carbonyl (C=O) groups is 3. The lowest BCUT2D eigenvalue weighted by Gasteiger charge is -2.36. The molecule has 2 aliphatic heterocycles. The van der Waals surface area contributed by atoms with Crippen LogP contribution in [-0.2, 0) is 15.1 Å². The van der Waals surface area contributed by atoms with Crippen molar-refractivity contribution in [2.75, 3.05) is 37.6 Å². The molecule has 2 saturated heterocycles. The predicted octanol–water partition coefficient (Wildman–Crippen LogP) is 3.25. The van der Waals surface area contributed by atoms with Gasteiger partial charge in [0.2, 0.25) is 5.91 Å². The molecule has 0 radical (unpaired) electrons. The summed E-state index contributed by atoms with van der Waals surface area (Å²) in [4.78, 5) is 43.1. The summed E-state index contributed by atoms with van der Waals surface area (Å²) in [6.45, 7) is 3.18. The SMILES string of the molecule is CC1(c2ccc(Cl)cc2Cl)NC(=O)N(CC(=O)N2CCN(c3ccc(F)cc3)CC2)C1=O. The highest BCUT2D eigenvalue weighted by Crippen LogP contribution is 2.35. The summed E-state index contributed by atoms with van der Waals surface area (Å²) in [5.41, 5.74) is -0.103. The lowest BCUT2D eigenvalue weighted by atomic mass is 9.92. The fourth-order valence-electron chi connectivity index (χ4n) is 4.02. The van der Waals surface area contributed by atoms with Gasteiger partial charge in [0.05, 0.1) is 0 Å². The molecule has 0 saturated carbocycles. The summed E-state index contributed by atoms with van der Waals surface area (Å²) in [5, 5.41) is 3.31. The van der Waals surface area contributed by atoms with Crippen LogP contribution >= 0.6 is 23.2 Å². The Bertz CT molecular complexity index is 1070. The number of hydrogen-bond acceptors (Lipinski definition) is 4. The smallest absolute Gasteiger partial charge is 0.325 e. The molecule has 2 fully saturated rings. The molecule has 7 nitrogen and oxygen atoms in total. The predicted molar refractivity (Wildman–Crippen MR) is 119 cm³/mol. The van der Waals surface area contributed by atoms with Crippen LogP contribution in [0.25, 0.3) is 0 Å². The van der Waals surface area contributed by atoms with E-state index < -0.39 is 17.5 Å². The lowest BCUT2D eigenvalue weighted by molar-refractivity contribution is -0.139. The van der Waals surface area contributed by atoms with E-state index in [0.29, 0.717) is 36.8 Å². The second-order valence-corrected chi connectivity index (χ2v) is 8.76. The summed E-state index contributed by atoms with van der Waals surface area (Å²) in [6.07, 6.45) is 0. The van der Waals surface area contributed by atoms with E-state index in [4.69, 9.17) is 23.2 Å². The highest BCUT2D eigenvalue weighted by atomic mass is 35.5. The number of anilines is 1. The van der Waals surface area contributed by atoms with Crippen molar-refractivity contribution in [1.82, 2.24) is 15.1 Å². The molecule has 2 heterocycles. The minimum atomic E-state index is -1.39. The van der Waals surface area contributed by atoms with Gasteiger partial charge < -0.3 is 15.1 Å². The van der Waals surface area contributed by atoms with Gasteiger partial charge in [0.1, 0.15) is 17.9 Å². The maximum atomic E-state index is 13.1. The molecular formula is C22H21Cl2FN4O3. The molecule has 1 unspecified atom stereocenters. The molecule has 10 heteroatoms. The highest BCUT2D eigenvalue weighted by molar-refractivity contribution is 6.35. The quantitative estimate of drug-likeness (QED) is 0.684. The van der Waals surface area contributed by atoms with Crippen molar-refractivity contribution < 1.29 is 18.8 Å². The average molecular weight is 479 g/mol. The number of imide groups is 1. The van der Waals surface area contributed by atoms with Crippen LogP contribution in [0.5, 0.6) is 0 Å². The van der Waals surface area contributed by atoms with Gasteiger partial charge in [0.25, 0.3) is 5.91 Å². The number of benzene rings is 2. The van der Waals surface area contributed by atoms with Gasteiger partial charge in [0.15, 0.2) is 0 Å². The number of nitrogens with one attached hydrogen (secondary N) is 1. The van der Waals surface area contributed by atoms with Crippen molar-refractivity contribution in [3.63, 3.8) is 0 Å². The number of carbonyl (C=O) groups excluding carboxylic acids is 3. The number of piperazine rings is 1. The van der Waals surface area contributed by atoms with Gasteiger partial charge in [-0.15, -0.1) is 0 Å². The molecule has 168 valence electrons. The summed E-state index contributed by atoms with van der Waals surface area (Å²) in [5.74, 6) is -1.17. The van der Waals surface area contributed by atoms with Gasteiger partial charge in [-0.1, -0.05) is 29.3 Å². The minimum absolute atomic E-state index is 0.249. The van der Waals surface area contributed by atoms with Crippen LogP contribution in [0.3, 0.4) is 0 Å².